The minimum absolute atomic E-state index is 0.206. The average molecular weight is 180 g/mol. The van der Waals surface area contributed by atoms with Gasteiger partial charge < -0.3 is 9.52 Å². The van der Waals surface area contributed by atoms with Crippen molar-refractivity contribution < 1.29 is 9.52 Å². The van der Waals surface area contributed by atoms with E-state index in [2.05, 4.69) is 0 Å². The molecule has 0 bridgehead atoms. The van der Waals surface area contributed by atoms with Crippen molar-refractivity contribution in [3.05, 3.63) is 24.5 Å². The Hall–Kier alpha value is -1.09. The molecule has 0 saturated heterocycles. The molecule has 0 fully saturated rings. The highest BCUT2D eigenvalue weighted by Crippen LogP contribution is 2.29. The maximum Gasteiger partial charge on any atom is 0.161 e. The van der Waals surface area contributed by atoms with Crippen LogP contribution in [0.5, 0.6) is 5.75 Å². The monoisotopic (exact) mass is 180 g/mol. The van der Waals surface area contributed by atoms with Crippen molar-refractivity contribution in [3.63, 3.8) is 0 Å². The molecule has 62 valence electrons. The van der Waals surface area contributed by atoms with Crippen LogP contribution in [0.25, 0.3) is 11.0 Å². The number of furan rings is 1. The number of aromatic hydroxyl groups is 1. The molecule has 1 heterocycles. The van der Waals surface area contributed by atoms with Crippen LogP contribution in [0.1, 0.15) is 0 Å². The highest BCUT2D eigenvalue weighted by Gasteiger charge is 2.03. The van der Waals surface area contributed by atoms with Gasteiger partial charge in [0.15, 0.2) is 5.75 Å². The van der Waals surface area contributed by atoms with Crippen molar-refractivity contribution in [2.75, 3.05) is 6.26 Å². The molecule has 0 aliphatic heterocycles. The van der Waals surface area contributed by atoms with Crippen molar-refractivity contribution in [1.29, 1.82) is 0 Å². The van der Waals surface area contributed by atoms with E-state index in [1.807, 2.05) is 24.5 Å². The standard InChI is InChI=1S/C9H8O2S/c1-12-6-2-3-7-8(10)5-11-9(7)4-6/h2-5,10H,1H3. The fourth-order valence-electron chi connectivity index (χ4n) is 1.12. The molecule has 2 nitrogen and oxygen atoms in total. The molecule has 0 aliphatic carbocycles. The van der Waals surface area contributed by atoms with Crippen LogP contribution >= 0.6 is 11.8 Å². The van der Waals surface area contributed by atoms with E-state index >= 15 is 0 Å². The van der Waals surface area contributed by atoms with Crippen LogP contribution in [0, 0.1) is 0 Å². The van der Waals surface area contributed by atoms with Gasteiger partial charge in [-0.2, -0.15) is 0 Å². The maximum absolute atomic E-state index is 9.27. The lowest BCUT2D eigenvalue weighted by Gasteiger charge is -1.93. The molecule has 0 spiro atoms. The van der Waals surface area contributed by atoms with Gasteiger partial charge in [-0.25, -0.2) is 0 Å². The summed E-state index contributed by atoms with van der Waals surface area (Å²) >= 11 is 1.65. The summed E-state index contributed by atoms with van der Waals surface area (Å²) in [5, 5.41) is 10.0. The second kappa shape index (κ2) is 2.75. The number of fused-ring (bicyclic) bond motifs is 1. The van der Waals surface area contributed by atoms with E-state index in [0.29, 0.717) is 0 Å². The van der Waals surface area contributed by atoms with Gasteiger partial charge in [0.05, 0.1) is 5.39 Å². The molecule has 0 unspecified atom stereocenters. The molecule has 0 amide bonds. The Morgan fingerprint density at radius 3 is 3.00 bits per heavy atom. The van der Waals surface area contributed by atoms with E-state index in [1.54, 1.807) is 11.8 Å². The van der Waals surface area contributed by atoms with Crippen LogP contribution in [0.2, 0.25) is 0 Å². The first-order chi connectivity index (χ1) is 5.81. The highest BCUT2D eigenvalue weighted by atomic mass is 32.2. The van der Waals surface area contributed by atoms with E-state index in [9.17, 15) is 5.11 Å². The smallest absolute Gasteiger partial charge is 0.161 e. The van der Waals surface area contributed by atoms with Crippen LogP contribution in [0.4, 0.5) is 0 Å². The lowest BCUT2D eigenvalue weighted by molar-refractivity contribution is 0.464. The third-order valence-corrected chi connectivity index (χ3v) is 2.49. The normalized spacial score (nSPS) is 10.8. The molecule has 2 aromatic rings. The third-order valence-electron chi connectivity index (χ3n) is 1.76. The number of benzene rings is 1. The van der Waals surface area contributed by atoms with E-state index in [1.165, 1.54) is 6.26 Å². The maximum atomic E-state index is 9.27. The summed E-state index contributed by atoms with van der Waals surface area (Å²) in [4.78, 5) is 1.14. The number of rotatable bonds is 1. The van der Waals surface area contributed by atoms with Gasteiger partial charge >= 0.3 is 0 Å². The first-order valence-corrected chi connectivity index (χ1v) is 4.78. The van der Waals surface area contributed by atoms with E-state index in [4.69, 9.17) is 4.42 Å². The second-order valence-electron chi connectivity index (χ2n) is 2.48. The molecule has 12 heavy (non-hydrogen) atoms. The Kier molecular flexibility index (Phi) is 1.73. The van der Waals surface area contributed by atoms with Gasteiger partial charge in [0.25, 0.3) is 0 Å². The first kappa shape index (κ1) is 7.55. The Balaban J connectivity index is 2.69. The number of hydrogen-bond acceptors (Lipinski definition) is 3. The summed E-state index contributed by atoms with van der Waals surface area (Å²) in [5.41, 5.74) is 0.736. The lowest BCUT2D eigenvalue weighted by atomic mass is 10.2. The van der Waals surface area contributed by atoms with Gasteiger partial charge in [-0.3, -0.25) is 0 Å². The van der Waals surface area contributed by atoms with Crippen LogP contribution in [0.15, 0.2) is 33.8 Å². The summed E-state index contributed by atoms with van der Waals surface area (Å²) in [6.45, 7) is 0. The van der Waals surface area contributed by atoms with E-state index in [-0.39, 0.29) is 5.75 Å². The van der Waals surface area contributed by atoms with Crippen LogP contribution in [-0.4, -0.2) is 11.4 Å². The summed E-state index contributed by atoms with van der Waals surface area (Å²) in [6, 6.07) is 5.74. The molecule has 0 aliphatic rings. The highest BCUT2D eigenvalue weighted by molar-refractivity contribution is 7.98. The Morgan fingerprint density at radius 2 is 2.25 bits per heavy atom. The Bertz CT molecular complexity index is 406. The molecular weight excluding hydrogens is 172 g/mol. The van der Waals surface area contributed by atoms with Crippen LogP contribution in [0.3, 0.4) is 0 Å². The molecule has 0 saturated carbocycles. The molecule has 2 rings (SSSR count). The van der Waals surface area contributed by atoms with Crippen molar-refractivity contribution >= 4 is 22.7 Å². The van der Waals surface area contributed by atoms with Gasteiger partial charge in [0, 0.05) is 4.90 Å². The summed E-state index contributed by atoms with van der Waals surface area (Å²) in [6.07, 6.45) is 3.36. The minimum Gasteiger partial charge on any atom is -0.504 e. The topological polar surface area (TPSA) is 33.4 Å². The van der Waals surface area contributed by atoms with Gasteiger partial charge in [-0.1, -0.05) is 0 Å². The lowest BCUT2D eigenvalue weighted by Crippen LogP contribution is -1.68. The van der Waals surface area contributed by atoms with Gasteiger partial charge in [-0.05, 0) is 24.5 Å². The third kappa shape index (κ3) is 1.06. The zero-order valence-electron chi connectivity index (χ0n) is 6.57. The van der Waals surface area contributed by atoms with Gasteiger partial charge in [-0.15, -0.1) is 11.8 Å². The van der Waals surface area contributed by atoms with E-state index < -0.39 is 0 Å². The first-order valence-electron chi connectivity index (χ1n) is 3.55. The molecular formula is C9H8O2S. The zero-order valence-corrected chi connectivity index (χ0v) is 7.39. The molecule has 0 atom stereocenters. The SMILES string of the molecule is CSc1ccc2c(O)coc2c1. The zero-order chi connectivity index (χ0) is 8.55. The fourth-order valence-corrected chi connectivity index (χ4v) is 1.55. The molecule has 1 aromatic heterocycles. The molecule has 1 N–H and O–H groups in total. The molecule has 1 aromatic carbocycles. The predicted molar refractivity (Wildman–Crippen MR) is 49.7 cm³/mol. The summed E-state index contributed by atoms with van der Waals surface area (Å²) in [5.74, 6) is 0.206. The van der Waals surface area contributed by atoms with E-state index in [0.717, 1.165) is 15.9 Å². The van der Waals surface area contributed by atoms with Gasteiger partial charge in [0.2, 0.25) is 0 Å². The van der Waals surface area contributed by atoms with Crippen molar-refractivity contribution in [1.82, 2.24) is 0 Å². The Labute approximate surface area is 74.2 Å². The largest absolute Gasteiger partial charge is 0.504 e. The second-order valence-corrected chi connectivity index (χ2v) is 3.36. The quantitative estimate of drug-likeness (QED) is 0.685. The van der Waals surface area contributed by atoms with Crippen molar-refractivity contribution in [2.45, 2.75) is 4.90 Å². The Morgan fingerprint density at radius 1 is 1.42 bits per heavy atom. The van der Waals surface area contributed by atoms with Crippen molar-refractivity contribution in [3.8, 4) is 5.75 Å². The van der Waals surface area contributed by atoms with Crippen molar-refractivity contribution in [2.24, 2.45) is 0 Å². The molecule has 0 radical (unpaired) electrons. The number of thioether (sulfide) groups is 1. The van der Waals surface area contributed by atoms with Crippen LogP contribution < -0.4 is 0 Å². The fraction of sp³-hybridized carbons (Fsp3) is 0.111. The molecule has 3 heteroatoms. The summed E-state index contributed by atoms with van der Waals surface area (Å²) in [7, 11) is 0. The summed E-state index contributed by atoms with van der Waals surface area (Å²) < 4.78 is 5.13. The predicted octanol–water partition coefficient (Wildman–Crippen LogP) is 2.86. The van der Waals surface area contributed by atoms with Crippen LogP contribution in [-0.2, 0) is 0 Å². The number of hydrogen-bond donors (Lipinski definition) is 1. The van der Waals surface area contributed by atoms with Gasteiger partial charge in [0.1, 0.15) is 11.8 Å². The minimum atomic E-state index is 0.206. The average Bonchev–Trinajstić information content (AvgIpc) is 2.47.